The van der Waals surface area contributed by atoms with Crippen LogP contribution in [0.15, 0.2) is 36.7 Å². The van der Waals surface area contributed by atoms with E-state index in [2.05, 4.69) is 10.4 Å². The highest BCUT2D eigenvalue weighted by atomic mass is 35.5. The van der Waals surface area contributed by atoms with E-state index in [0.717, 1.165) is 25.2 Å². The van der Waals surface area contributed by atoms with Gasteiger partial charge in [0.15, 0.2) is 0 Å². The molecule has 0 spiro atoms. The predicted octanol–water partition coefficient (Wildman–Crippen LogP) is 1.96. The first kappa shape index (κ1) is 14.1. The van der Waals surface area contributed by atoms with E-state index in [1.807, 2.05) is 31.3 Å². The number of likely N-dealkylation sites (N-methyl/N-ethyl adjacent to an activating group) is 1. The van der Waals surface area contributed by atoms with Crippen LogP contribution in [0.1, 0.15) is 16.8 Å². The first-order chi connectivity index (χ1) is 10.1. The minimum Gasteiger partial charge on any atom is -0.337 e. The van der Waals surface area contributed by atoms with Crippen molar-refractivity contribution in [2.24, 2.45) is 0 Å². The number of halogens is 1. The van der Waals surface area contributed by atoms with Crippen molar-refractivity contribution in [1.29, 1.82) is 0 Å². The van der Waals surface area contributed by atoms with Gasteiger partial charge in [-0.1, -0.05) is 17.7 Å². The molecular weight excluding hydrogens is 288 g/mol. The highest BCUT2D eigenvalue weighted by Gasteiger charge is 2.24. The third-order valence-electron chi connectivity index (χ3n) is 3.80. The third-order valence-corrected chi connectivity index (χ3v) is 4.04. The lowest BCUT2D eigenvalue weighted by molar-refractivity contribution is 0.0744. The SMILES string of the molecule is CN(C(=O)c1cnn(-c2cccc(Cl)c2)c1)C1CCNC1. The van der Waals surface area contributed by atoms with E-state index in [9.17, 15) is 4.79 Å². The van der Waals surface area contributed by atoms with Crippen LogP contribution in [0.5, 0.6) is 0 Å². The summed E-state index contributed by atoms with van der Waals surface area (Å²) in [5.41, 5.74) is 1.43. The summed E-state index contributed by atoms with van der Waals surface area (Å²) in [6.07, 6.45) is 4.33. The topological polar surface area (TPSA) is 50.2 Å². The van der Waals surface area contributed by atoms with Crippen molar-refractivity contribution in [3.05, 3.63) is 47.2 Å². The molecule has 110 valence electrons. The first-order valence-electron chi connectivity index (χ1n) is 6.93. The molecule has 2 aromatic rings. The van der Waals surface area contributed by atoms with E-state index < -0.39 is 0 Å². The van der Waals surface area contributed by atoms with E-state index in [1.165, 1.54) is 0 Å². The zero-order chi connectivity index (χ0) is 14.8. The lowest BCUT2D eigenvalue weighted by Crippen LogP contribution is -2.38. The van der Waals surface area contributed by atoms with Gasteiger partial charge in [0, 0.05) is 30.9 Å². The number of nitrogens with zero attached hydrogens (tertiary/aromatic N) is 3. The number of carbonyl (C=O) groups is 1. The van der Waals surface area contributed by atoms with E-state index in [-0.39, 0.29) is 11.9 Å². The normalized spacial score (nSPS) is 17.9. The summed E-state index contributed by atoms with van der Waals surface area (Å²) in [6.45, 7) is 1.81. The lowest BCUT2D eigenvalue weighted by Gasteiger charge is -2.22. The van der Waals surface area contributed by atoms with Crippen LogP contribution in [0.3, 0.4) is 0 Å². The molecular formula is C15H17ClN4O. The molecule has 3 rings (SSSR count). The van der Waals surface area contributed by atoms with Gasteiger partial charge in [0.2, 0.25) is 0 Å². The molecule has 0 radical (unpaired) electrons. The molecule has 6 heteroatoms. The Morgan fingerprint density at radius 1 is 1.52 bits per heavy atom. The van der Waals surface area contributed by atoms with Gasteiger partial charge in [0.25, 0.3) is 5.91 Å². The van der Waals surface area contributed by atoms with Gasteiger partial charge >= 0.3 is 0 Å². The largest absolute Gasteiger partial charge is 0.337 e. The van der Waals surface area contributed by atoms with Crippen molar-refractivity contribution in [3.63, 3.8) is 0 Å². The van der Waals surface area contributed by atoms with Crippen LogP contribution in [-0.4, -0.2) is 46.8 Å². The summed E-state index contributed by atoms with van der Waals surface area (Å²) in [5, 5.41) is 8.16. The molecule has 1 saturated heterocycles. The molecule has 2 heterocycles. The molecule has 1 aromatic heterocycles. The Labute approximate surface area is 128 Å². The molecule has 1 fully saturated rings. The number of hydrogen-bond donors (Lipinski definition) is 1. The van der Waals surface area contributed by atoms with Crippen molar-refractivity contribution in [2.45, 2.75) is 12.5 Å². The number of carbonyl (C=O) groups excluding carboxylic acids is 1. The molecule has 0 aliphatic carbocycles. The van der Waals surface area contributed by atoms with Gasteiger partial charge in [-0.3, -0.25) is 4.79 Å². The van der Waals surface area contributed by atoms with Gasteiger partial charge < -0.3 is 10.2 Å². The minimum absolute atomic E-state index is 0.00280. The molecule has 1 aliphatic heterocycles. The first-order valence-corrected chi connectivity index (χ1v) is 7.31. The summed E-state index contributed by atoms with van der Waals surface area (Å²) >= 11 is 5.98. The lowest BCUT2D eigenvalue weighted by atomic mass is 10.2. The van der Waals surface area contributed by atoms with Crippen LogP contribution < -0.4 is 5.32 Å². The summed E-state index contributed by atoms with van der Waals surface area (Å²) in [5.74, 6) is -0.00280. The highest BCUT2D eigenvalue weighted by Crippen LogP contribution is 2.16. The van der Waals surface area contributed by atoms with Crippen molar-refractivity contribution in [1.82, 2.24) is 20.0 Å². The van der Waals surface area contributed by atoms with E-state index in [1.54, 1.807) is 22.0 Å². The average molecular weight is 305 g/mol. The van der Waals surface area contributed by atoms with E-state index in [4.69, 9.17) is 11.6 Å². The fourth-order valence-corrected chi connectivity index (χ4v) is 2.72. The summed E-state index contributed by atoms with van der Waals surface area (Å²) in [6, 6.07) is 7.64. The molecule has 0 bridgehead atoms. The Morgan fingerprint density at radius 3 is 3.10 bits per heavy atom. The standard InChI is InChI=1S/C15H17ClN4O/c1-19(14-5-6-17-9-14)15(21)11-8-18-20(10-11)13-4-2-3-12(16)7-13/h2-4,7-8,10,14,17H,5-6,9H2,1H3. The zero-order valence-electron chi connectivity index (χ0n) is 11.8. The summed E-state index contributed by atoms with van der Waals surface area (Å²) in [7, 11) is 1.84. The molecule has 21 heavy (non-hydrogen) atoms. The maximum atomic E-state index is 12.5. The van der Waals surface area contributed by atoms with Crippen molar-refractivity contribution >= 4 is 17.5 Å². The van der Waals surface area contributed by atoms with Gasteiger partial charge in [-0.2, -0.15) is 5.10 Å². The molecule has 1 unspecified atom stereocenters. The maximum absolute atomic E-state index is 12.5. The fourth-order valence-electron chi connectivity index (χ4n) is 2.53. The second kappa shape index (κ2) is 5.87. The zero-order valence-corrected chi connectivity index (χ0v) is 12.5. The van der Waals surface area contributed by atoms with Crippen molar-refractivity contribution < 1.29 is 4.79 Å². The predicted molar refractivity (Wildman–Crippen MR) is 81.9 cm³/mol. The maximum Gasteiger partial charge on any atom is 0.257 e. The molecule has 1 aliphatic rings. The van der Waals surface area contributed by atoms with Crippen LogP contribution in [0.25, 0.3) is 5.69 Å². The van der Waals surface area contributed by atoms with E-state index >= 15 is 0 Å². The van der Waals surface area contributed by atoms with E-state index in [0.29, 0.717) is 10.6 Å². The van der Waals surface area contributed by atoms with Crippen molar-refractivity contribution in [3.8, 4) is 5.69 Å². The van der Waals surface area contributed by atoms with Gasteiger partial charge in [0.1, 0.15) is 0 Å². The Morgan fingerprint density at radius 2 is 2.38 bits per heavy atom. The molecule has 1 amide bonds. The Balaban J connectivity index is 1.79. The third kappa shape index (κ3) is 2.94. The van der Waals surface area contributed by atoms with Crippen LogP contribution in [0.2, 0.25) is 5.02 Å². The summed E-state index contributed by atoms with van der Waals surface area (Å²) in [4.78, 5) is 14.3. The quantitative estimate of drug-likeness (QED) is 0.943. The molecule has 1 aromatic carbocycles. The molecule has 5 nitrogen and oxygen atoms in total. The van der Waals surface area contributed by atoms with Crippen LogP contribution >= 0.6 is 11.6 Å². The Kier molecular flexibility index (Phi) is 3.94. The number of nitrogens with one attached hydrogen (secondary N) is 1. The number of rotatable bonds is 3. The molecule has 1 atom stereocenters. The molecule has 0 saturated carbocycles. The van der Waals surface area contributed by atoms with Crippen molar-refractivity contribution in [2.75, 3.05) is 20.1 Å². The minimum atomic E-state index is -0.00280. The second-order valence-electron chi connectivity index (χ2n) is 5.22. The van der Waals surface area contributed by atoms with Gasteiger partial charge in [-0.15, -0.1) is 0 Å². The monoisotopic (exact) mass is 304 g/mol. The number of aromatic nitrogens is 2. The van der Waals surface area contributed by atoms with Crippen LogP contribution in [-0.2, 0) is 0 Å². The Bertz CT molecular complexity index is 649. The number of hydrogen-bond acceptors (Lipinski definition) is 3. The van der Waals surface area contributed by atoms with Gasteiger partial charge in [-0.25, -0.2) is 4.68 Å². The number of amides is 1. The fraction of sp³-hybridized carbons (Fsp3) is 0.333. The summed E-state index contributed by atoms with van der Waals surface area (Å²) < 4.78 is 1.67. The number of benzene rings is 1. The Hall–Kier alpha value is -1.85. The second-order valence-corrected chi connectivity index (χ2v) is 5.65. The smallest absolute Gasteiger partial charge is 0.257 e. The highest BCUT2D eigenvalue weighted by molar-refractivity contribution is 6.30. The van der Waals surface area contributed by atoms with Crippen LogP contribution in [0, 0.1) is 0 Å². The molecule has 1 N–H and O–H groups in total. The van der Waals surface area contributed by atoms with Crippen LogP contribution in [0.4, 0.5) is 0 Å². The van der Waals surface area contributed by atoms with Gasteiger partial charge in [-0.05, 0) is 31.2 Å². The average Bonchev–Trinajstić information content (AvgIpc) is 3.17. The van der Waals surface area contributed by atoms with Gasteiger partial charge in [0.05, 0.1) is 17.4 Å².